The molecule has 3 rings (SSSR count). The third kappa shape index (κ3) is 2.25. The van der Waals surface area contributed by atoms with Crippen molar-refractivity contribution < 1.29 is 14.6 Å². The third-order valence-corrected chi connectivity index (χ3v) is 3.70. The molecule has 1 N–H and O–H groups in total. The molecule has 1 aromatic carbocycles. The van der Waals surface area contributed by atoms with E-state index >= 15 is 0 Å². The van der Waals surface area contributed by atoms with Crippen LogP contribution in [0.25, 0.3) is 0 Å². The molecular weight excluding hydrogens is 254 g/mol. The highest BCUT2D eigenvalue weighted by Gasteiger charge is 2.43. The van der Waals surface area contributed by atoms with Gasteiger partial charge in [-0.1, -0.05) is 24.3 Å². The van der Waals surface area contributed by atoms with E-state index in [1.165, 1.54) is 0 Å². The number of nitrogens with zero attached hydrogens (tertiary/aromatic N) is 1. The molecule has 20 heavy (non-hydrogen) atoms. The molecule has 0 saturated carbocycles. The van der Waals surface area contributed by atoms with E-state index in [0.29, 0.717) is 12.8 Å². The maximum absolute atomic E-state index is 11.8. The third-order valence-electron chi connectivity index (χ3n) is 3.70. The van der Waals surface area contributed by atoms with Gasteiger partial charge in [-0.2, -0.15) is 0 Å². The number of hydrogen-bond donors (Lipinski definition) is 1. The first-order valence-corrected chi connectivity index (χ1v) is 6.54. The van der Waals surface area contributed by atoms with E-state index in [4.69, 9.17) is 4.74 Å². The van der Waals surface area contributed by atoms with Crippen LogP contribution < -0.4 is 4.74 Å². The Labute approximate surface area is 117 Å². The normalized spacial score (nSPS) is 20.8. The number of carboxylic acids is 1. The van der Waals surface area contributed by atoms with Crippen molar-refractivity contribution in [2.24, 2.45) is 5.41 Å². The van der Waals surface area contributed by atoms with E-state index in [1.807, 2.05) is 42.5 Å². The Morgan fingerprint density at radius 3 is 2.80 bits per heavy atom. The fraction of sp³-hybridized carbons (Fsp3) is 0.250. The van der Waals surface area contributed by atoms with Crippen molar-refractivity contribution in [3.8, 4) is 5.75 Å². The molecule has 0 fully saturated rings. The van der Waals surface area contributed by atoms with Crippen LogP contribution in [-0.4, -0.2) is 22.7 Å². The zero-order chi connectivity index (χ0) is 14.0. The Morgan fingerprint density at radius 2 is 2.05 bits per heavy atom. The molecule has 1 aromatic heterocycles. The van der Waals surface area contributed by atoms with E-state index < -0.39 is 11.4 Å². The van der Waals surface area contributed by atoms with E-state index in [0.717, 1.165) is 17.0 Å². The Morgan fingerprint density at radius 1 is 1.25 bits per heavy atom. The lowest BCUT2D eigenvalue weighted by Crippen LogP contribution is -2.44. The first-order chi connectivity index (χ1) is 9.70. The molecule has 0 spiro atoms. The summed E-state index contributed by atoms with van der Waals surface area (Å²) in [4.78, 5) is 16.0. The maximum atomic E-state index is 11.8. The van der Waals surface area contributed by atoms with Gasteiger partial charge in [-0.3, -0.25) is 9.78 Å². The van der Waals surface area contributed by atoms with Gasteiger partial charge < -0.3 is 9.84 Å². The highest BCUT2D eigenvalue weighted by molar-refractivity contribution is 5.76. The standard InChI is InChI=1S/C16H15NO3/c18-15(19)16(10-13-6-3-4-8-17-13)9-12-5-1-2-7-14(12)20-11-16/h1-8H,9-11H2,(H,18,19). The number of ether oxygens (including phenoxy) is 1. The van der Waals surface area contributed by atoms with Gasteiger partial charge in [-0.15, -0.1) is 0 Å². The second-order valence-electron chi connectivity index (χ2n) is 5.16. The summed E-state index contributed by atoms with van der Waals surface area (Å²) >= 11 is 0. The monoisotopic (exact) mass is 269 g/mol. The summed E-state index contributed by atoms with van der Waals surface area (Å²) in [7, 11) is 0. The second-order valence-corrected chi connectivity index (χ2v) is 5.16. The number of hydrogen-bond acceptors (Lipinski definition) is 3. The molecule has 0 radical (unpaired) electrons. The minimum absolute atomic E-state index is 0.177. The van der Waals surface area contributed by atoms with E-state index in [2.05, 4.69) is 4.98 Å². The first kappa shape index (κ1) is 12.7. The minimum atomic E-state index is -0.942. The van der Waals surface area contributed by atoms with Crippen molar-refractivity contribution in [2.45, 2.75) is 12.8 Å². The number of aliphatic carboxylic acids is 1. The number of fused-ring (bicyclic) bond motifs is 1. The zero-order valence-corrected chi connectivity index (χ0v) is 11.0. The fourth-order valence-electron chi connectivity index (χ4n) is 2.60. The van der Waals surface area contributed by atoms with Crippen molar-refractivity contribution in [2.75, 3.05) is 6.61 Å². The Bertz CT molecular complexity index is 627. The molecule has 0 saturated heterocycles. The lowest BCUT2D eigenvalue weighted by Gasteiger charge is -2.34. The van der Waals surface area contributed by atoms with Crippen LogP contribution in [0.3, 0.4) is 0 Å². The summed E-state index contributed by atoms with van der Waals surface area (Å²) < 4.78 is 5.66. The molecule has 1 atom stereocenters. The van der Waals surface area contributed by atoms with Gasteiger partial charge in [0, 0.05) is 18.3 Å². The Balaban J connectivity index is 1.93. The molecule has 4 heteroatoms. The smallest absolute Gasteiger partial charge is 0.313 e. The highest BCUT2D eigenvalue weighted by atomic mass is 16.5. The lowest BCUT2D eigenvalue weighted by atomic mass is 9.76. The average molecular weight is 269 g/mol. The van der Waals surface area contributed by atoms with Gasteiger partial charge in [0.2, 0.25) is 0 Å². The van der Waals surface area contributed by atoms with Crippen molar-refractivity contribution >= 4 is 5.97 Å². The second kappa shape index (κ2) is 4.96. The predicted octanol–water partition coefficient (Wildman–Crippen LogP) is 2.33. The molecule has 0 amide bonds. The van der Waals surface area contributed by atoms with Crippen LogP contribution in [0.4, 0.5) is 0 Å². The van der Waals surface area contributed by atoms with Gasteiger partial charge in [0.1, 0.15) is 17.8 Å². The summed E-state index contributed by atoms with van der Waals surface area (Å²) in [5.41, 5.74) is 0.776. The summed E-state index contributed by atoms with van der Waals surface area (Å²) in [6, 6.07) is 13.1. The average Bonchev–Trinajstić information content (AvgIpc) is 2.48. The summed E-state index contributed by atoms with van der Waals surface area (Å²) in [5, 5.41) is 9.67. The quantitative estimate of drug-likeness (QED) is 0.929. The molecule has 1 unspecified atom stereocenters. The van der Waals surface area contributed by atoms with Crippen LogP contribution in [0.1, 0.15) is 11.3 Å². The Kier molecular flexibility index (Phi) is 3.14. The summed E-state index contributed by atoms with van der Waals surface area (Å²) in [6.07, 6.45) is 2.52. The minimum Gasteiger partial charge on any atom is -0.492 e. The molecule has 0 aliphatic carbocycles. The molecule has 1 aliphatic heterocycles. The maximum Gasteiger partial charge on any atom is 0.313 e. The van der Waals surface area contributed by atoms with Crippen LogP contribution in [0, 0.1) is 5.41 Å². The highest BCUT2D eigenvalue weighted by Crippen LogP contribution is 2.36. The van der Waals surface area contributed by atoms with Crippen molar-refractivity contribution in [3.05, 3.63) is 59.9 Å². The lowest BCUT2D eigenvalue weighted by molar-refractivity contribution is -0.151. The van der Waals surface area contributed by atoms with Crippen molar-refractivity contribution in [1.82, 2.24) is 4.98 Å². The van der Waals surface area contributed by atoms with Gasteiger partial charge in [-0.25, -0.2) is 0 Å². The number of rotatable bonds is 3. The first-order valence-electron chi connectivity index (χ1n) is 6.54. The number of carboxylic acid groups (broad SMARTS) is 1. The topological polar surface area (TPSA) is 59.4 Å². The number of benzene rings is 1. The number of pyridine rings is 1. The van der Waals surface area contributed by atoms with Gasteiger partial charge in [0.15, 0.2) is 0 Å². The van der Waals surface area contributed by atoms with Crippen molar-refractivity contribution in [1.29, 1.82) is 0 Å². The van der Waals surface area contributed by atoms with Crippen LogP contribution in [0.2, 0.25) is 0 Å². The SMILES string of the molecule is O=C(O)C1(Cc2ccccn2)COc2ccccc2C1. The Hall–Kier alpha value is -2.36. The molecular formula is C16H15NO3. The van der Waals surface area contributed by atoms with E-state index in [-0.39, 0.29) is 6.61 Å². The van der Waals surface area contributed by atoms with Crippen LogP contribution in [0.15, 0.2) is 48.7 Å². The molecule has 102 valence electrons. The van der Waals surface area contributed by atoms with Crippen LogP contribution in [0.5, 0.6) is 5.75 Å². The van der Waals surface area contributed by atoms with E-state index in [1.54, 1.807) is 6.20 Å². The molecule has 4 nitrogen and oxygen atoms in total. The zero-order valence-electron chi connectivity index (χ0n) is 11.0. The summed E-state index contributed by atoms with van der Waals surface area (Å²) in [5.74, 6) is -0.0527. The van der Waals surface area contributed by atoms with Gasteiger partial charge >= 0.3 is 5.97 Å². The number of carbonyl (C=O) groups is 1. The predicted molar refractivity (Wildman–Crippen MR) is 73.7 cm³/mol. The van der Waals surface area contributed by atoms with Crippen LogP contribution >= 0.6 is 0 Å². The summed E-state index contributed by atoms with van der Waals surface area (Å²) in [6.45, 7) is 0.177. The fourth-order valence-corrected chi connectivity index (χ4v) is 2.60. The number of aromatic nitrogens is 1. The largest absolute Gasteiger partial charge is 0.492 e. The van der Waals surface area contributed by atoms with Crippen LogP contribution in [-0.2, 0) is 17.6 Å². The van der Waals surface area contributed by atoms with Gasteiger partial charge in [0.05, 0.1) is 0 Å². The number of para-hydroxylation sites is 1. The molecule has 1 aliphatic rings. The van der Waals surface area contributed by atoms with Gasteiger partial charge in [-0.05, 0) is 30.2 Å². The van der Waals surface area contributed by atoms with E-state index in [9.17, 15) is 9.90 Å². The molecule has 0 bridgehead atoms. The molecule has 2 heterocycles. The van der Waals surface area contributed by atoms with Gasteiger partial charge in [0.25, 0.3) is 0 Å². The van der Waals surface area contributed by atoms with Crippen molar-refractivity contribution in [3.63, 3.8) is 0 Å². The molecule has 2 aromatic rings.